The van der Waals surface area contributed by atoms with Gasteiger partial charge < -0.3 is 19.9 Å². The number of carbonyl (C=O) groups excluding carboxylic acids is 1. The van der Waals surface area contributed by atoms with Crippen LogP contribution in [0.15, 0.2) is 30.3 Å². The van der Waals surface area contributed by atoms with E-state index in [1.54, 1.807) is 31.2 Å². The smallest absolute Gasteiger partial charge is 0.255 e. The quantitative estimate of drug-likeness (QED) is 0.836. The summed E-state index contributed by atoms with van der Waals surface area (Å²) in [4.78, 5) is 12.4. The number of aromatic hydroxyl groups is 1. The fourth-order valence-electron chi connectivity index (χ4n) is 2.43. The first kappa shape index (κ1) is 14.3. The van der Waals surface area contributed by atoms with Gasteiger partial charge >= 0.3 is 0 Å². The third-order valence-electron chi connectivity index (χ3n) is 3.50. The maximum atomic E-state index is 12.4. The Kier molecular flexibility index (Phi) is 3.63. The minimum atomic E-state index is -0.308. The van der Waals surface area contributed by atoms with Crippen LogP contribution >= 0.6 is 0 Å². The molecule has 0 saturated heterocycles. The van der Waals surface area contributed by atoms with E-state index in [2.05, 4.69) is 5.32 Å². The lowest BCUT2D eigenvalue weighted by atomic mass is 10.1. The van der Waals surface area contributed by atoms with Crippen LogP contribution in [0, 0.1) is 13.8 Å². The van der Waals surface area contributed by atoms with E-state index in [0.717, 1.165) is 11.1 Å². The molecular weight excluding hydrogens is 282 g/mol. The van der Waals surface area contributed by atoms with E-state index in [0.29, 0.717) is 36.0 Å². The van der Waals surface area contributed by atoms with Gasteiger partial charge in [-0.2, -0.15) is 0 Å². The molecule has 5 nitrogen and oxygen atoms in total. The first-order chi connectivity index (χ1) is 10.5. The van der Waals surface area contributed by atoms with Crippen LogP contribution in [0.4, 0.5) is 5.69 Å². The average Bonchev–Trinajstić information content (AvgIpc) is 2.51. The number of hydrogen-bond acceptors (Lipinski definition) is 4. The molecule has 1 aliphatic heterocycles. The zero-order chi connectivity index (χ0) is 15.7. The minimum absolute atomic E-state index is 0.0801. The summed E-state index contributed by atoms with van der Waals surface area (Å²) in [5.74, 6) is 0.967. The van der Waals surface area contributed by atoms with E-state index in [9.17, 15) is 9.90 Å². The Balaban J connectivity index is 1.86. The summed E-state index contributed by atoms with van der Waals surface area (Å²) in [5, 5.41) is 12.8. The van der Waals surface area contributed by atoms with E-state index >= 15 is 0 Å². The number of benzene rings is 2. The van der Waals surface area contributed by atoms with Gasteiger partial charge in [-0.25, -0.2) is 0 Å². The number of ether oxygens (including phenoxy) is 2. The van der Waals surface area contributed by atoms with Crippen LogP contribution in [0.2, 0.25) is 0 Å². The highest BCUT2D eigenvalue weighted by Gasteiger charge is 2.16. The molecule has 22 heavy (non-hydrogen) atoms. The molecule has 0 aromatic heterocycles. The Hall–Kier alpha value is -2.69. The highest BCUT2D eigenvalue weighted by molar-refractivity contribution is 6.05. The second-order valence-electron chi connectivity index (χ2n) is 5.29. The van der Waals surface area contributed by atoms with Crippen LogP contribution in [0.1, 0.15) is 21.5 Å². The zero-order valence-electron chi connectivity index (χ0n) is 12.5. The molecule has 1 amide bonds. The van der Waals surface area contributed by atoms with Gasteiger partial charge in [0.2, 0.25) is 0 Å². The number of amides is 1. The molecule has 5 heteroatoms. The Morgan fingerprint density at radius 1 is 1.09 bits per heavy atom. The molecule has 0 bridgehead atoms. The van der Waals surface area contributed by atoms with Gasteiger partial charge in [0.15, 0.2) is 11.5 Å². The molecule has 2 aromatic rings. The van der Waals surface area contributed by atoms with E-state index in [1.807, 2.05) is 13.0 Å². The standard InChI is InChI=1S/C17H17NO4/c1-10-7-11(2)16(19)13(8-10)18-17(20)12-3-4-14-15(9-12)22-6-5-21-14/h3-4,7-9,19H,5-6H2,1-2H3,(H,18,20). The number of phenols is 1. The number of rotatable bonds is 2. The molecule has 0 fully saturated rings. The molecule has 0 saturated carbocycles. The van der Waals surface area contributed by atoms with E-state index in [1.165, 1.54) is 0 Å². The molecule has 0 spiro atoms. The van der Waals surface area contributed by atoms with Crippen LogP contribution in [0.5, 0.6) is 17.2 Å². The lowest BCUT2D eigenvalue weighted by Gasteiger charge is -2.18. The second kappa shape index (κ2) is 5.60. The van der Waals surface area contributed by atoms with Gasteiger partial charge in [-0.05, 0) is 49.2 Å². The zero-order valence-corrected chi connectivity index (χ0v) is 12.5. The number of carbonyl (C=O) groups is 1. The monoisotopic (exact) mass is 299 g/mol. The number of anilines is 1. The van der Waals surface area contributed by atoms with Crippen molar-refractivity contribution < 1.29 is 19.4 Å². The maximum absolute atomic E-state index is 12.4. The second-order valence-corrected chi connectivity index (χ2v) is 5.29. The highest BCUT2D eigenvalue weighted by Crippen LogP contribution is 2.32. The van der Waals surface area contributed by atoms with Gasteiger partial charge in [0, 0.05) is 5.56 Å². The van der Waals surface area contributed by atoms with Crippen LogP contribution in [-0.2, 0) is 0 Å². The molecule has 0 aliphatic carbocycles. The van der Waals surface area contributed by atoms with Crippen molar-refractivity contribution >= 4 is 11.6 Å². The van der Waals surface area contributed by atoms with Crippen LogP contribution in [0.3, 0.4) is 0 Å². The van der Waals surface area contributed by atoms with E-state index < -0.39 is 0 Å². The van der Waals surface area contributed by atoms with Gasteiger partial charge in [-0.15, -0.1) is 0 Å². The van der Waals surface area contributed by atoms with Crippen molar-refractivity contribution in [3.05, 3.63) is 47.0 Å². The third-order valence-corrected chi connectivity index (χ3v) is 3.50. The van der Waals surface area contributed by atoms with E-state index in [4.69, 9.17) is 9.47 Å². The van der Waals surface area contributed by atoms with Gasteiger partial charge in [-0.3, -0.25) is 4.79 Å². The first-order valence-electron chi connectivity index (χ1n) is 7.06. The summed E-state index contributed by atoms with van der Waals surface area (Å²) in [6.07, 6.45) is 0. The molecule has 3 rings (SSSR count). The predicted molar refractivity (Wildman–Crippen MR) is 83.0 cm³/mol. The van der Waals surface area contributed by atoms with Crippen molar-refractivity contribution in [2.75, 3.05) is 18.5 Å². The first-order valence-corrected chi connectivity index (χ1v) is 7.06. The summed E-state index contributed by atoms with van der Waals surface area (Å²) in [6.45, 7) is 4.68. The normalized spacial score (nSPS) is 12.8. The lowest BCUT2D eigenvalue weighted by Crippen LogP contribution is -2.17. The molecule has 1 heterocycles. The van der Waals surface area contributed by atoms with Gasteiger partial charge in [0.25, 0.3) is 5.91 Å². The summed E-state index contributed by atoms with van der Waals surface area (Å²) in [5.41, 5.74) is 2.53. The molecule has 0 radical (unpaired) electrons. The lowest BCUT2D eigenvalue weighted by molar-refractivity contribution is 0.102. The van der Waals surface area contributed by atoms with Crippen molar-refractivity contribution in [2.24, 2.45) is 0 Å². The Labute approximate surface area is 128 Å². The topological polar surface area (TPSA) is 67.8 Å². The molecule has 114 valence electrons. The molecule has 0 unspecified atom stereocenters. The summed E-state index contributed by atoms with van der Waals surface area (Å²) in [6, 6.07) is 8.62. The van der Waals surface area contributed by atoms with E-state index in [-0.39, 0.29) is 11.7 Å². The molecule has 2 N–H and O–H groups in total. The SMILES string of the molecule is Cc1cc(C)c(O)c(NC(=O)c2ccc3c(c2)OCCO3)c1. The van der Waals surface area contributed by atoms with Crippen molar-refractivity contribution in [1.29, 1.82) is 0 Å². The Morgan fingerprint density at radius 3 is 2.59 bits per heavy atom. The number of nitrogens with one attached hydrogen (secondary N) is 1. The van der Waals surface area contributed by atoms with Gasteiger partial charge in [0.05, 0.1) is 5.69 Å². The molecular formula is C17H17NO4. The maximum Gasteiger partial charge on any atom is 0.255 e. The van der Waals surface area contributed by atoms with Crippen molar-refractivity contribution in [3.63, 3.8) is 0 Å². The molecule has 1 aliphatic rings. The van der Waals surface area contributed by atoms with Crippen LogP contribution in [-0.4, -0.2) is 24.2 Å². The fraction of sp³-hybridized carbons (Fsp3) is 0.235. The largest absolute Gasteiger partial charge is 0.505 e. The highest BCUT2D eigenvalue weighted by atomic mass is 16.6. The third kappa shape index (κ3) is 2.70. The Bertz CT molecular complexity index is 740. The minimum Gasteiger partial charge on any atom is -0.505 e. The number of hydrogen-bond donors (Lipinski definition) is 2. The predicted octanol–water partition coefficient (Wildman–Crippen LogP) is 3.03. The van der Waals surface area contributed by atoms with Gasteiger partial charge in [-0.1, -0.05) is 6.07 Å². The van der Waals surface area contributed by atoms with Crippen molar-refractivity contribution in [2.45, 2.75) is 13.8 Å². The average molecular weight is 299 g/mol. The molecule has 2 aromatic carbocycles. The Morgan fingerprint density at radius 2 is 1.82 bits per heavy atom. The summed E-state index contributed by atoms with van der Waals surface area (Å²) < 4.78 is 10.9. The summed E-state index contributed by atoms with van der Waals surface area (Å²) in [7, 11) is 0. The van der Waals surface area contributed by atoms with Crippen molar-refractivity contribution in [3.8, 4) is 17.2 Å². The number of phenolic OH excluding ortho intramolecular Hbond substituents is 1. The molecule has 0 atom stereocenters. The summed E-state index contributed by atoms with van der Waals surface area (Å²) >= 11 is 0. The van der Waals surface area contributed by atoms with Crippen LogP contribution < -0.4 is 14.8 Å². The number of aryl methyl sites for hydroxylation is 2. The van der Waals surface area contributed by atoms with Crippen LogP contribution in [0.25, 0.3) is 0 Å². The van der Waals surface area contributed by atoms with Crippen molar-refractivity contribution in [1.82, 2.24) is 0 Å². The van der Waals surface area contributed by atoms with Gasteiger partial charge in [0.1, 0.15) is 19.0 Å². The fourth-order valence-corrected chi connectivity index (χ4v) is 2.43. The number of fused-ring (bicyclic) bond motifs is 1.